The number of anilines is 1. The molecule has 0 unspecified atom stereocenters. The van der Waals surface area contributed by atoms with Gasteiger partial charge in [-0.25, -0.2) is 4.39 Å². The Balaban J connectivity index is 2.51. The molecule has 0 aromatic heterocycles. The van der Waals surface area contributed by atoms with Crippen molar-refractivity contribution in [2.45, 2.75) is 65.6 Å². The number of nitrogens with two attached hydrogens (primary N) is 2. The first kappa shape index (κ1) is 20.9. The Labute approximate surface area is 157 Å². The molecule has 1 aromatic carbocycles. The molecule has 0 aliphatic carbocycles. The molecule has 1 saturated heterocycles. The van der Waals surface area contributed by atoms with E-state index in [-0.39, 0.29) is 5.92 Å². The van der Waals surface area contributed by atoms with Crippen molar-refractivity contribution in [2.75, 3.05) is 12.3 Å². The molecular formula is C20H32BFN2O2. The van der Waals surface area contributed by atoms with Crippen LogP contribution in [0.5, 0.6) is 0 Å². The van der Waals surface area contributed by atoms with Crippen LogP contribution in [-0.4, -0.2) is 24.9 Å². The van der Waals surface area contributed by atoms with Gasteiger partial charge in [0.2, 0.25) is 0 Å². The van der Waals surface area contributed by atoms with Crippen LogP contribution >= 0.6 is 0 Å². The summed E-state index contributed by atoms with van der Waals surface area (Å²) in [5.74, 6) is 0.260. The van der Waals surface area contributed by atoms with E-state index in [9.17, 15) is 0 Å². The lowest BCUT2D eigenvalue weighted by Crippen LogP contribution is -2.41. The molecule has 4 N–H and O–H groups in total. The van der Waals surface area contributed by atoms with Crippen molar-refractivity contribution < 1.29 is 13.7 Å². The summed E-state index contributed by atoms with van der Waals surface area (Å²) >= 11 is 0. The zero-order valence-electron chi connectivity index (χ0n) is 16.9. The molecule has 144 valence electrons. The highest BCUT2D eigenvalue weighted by Crippen LogP contribution is 2.41. The summed E-state index contributed by atoms with van der Waals surface area (Å²) < 4.78 is 27.4. The molecule has 1 aliphatic heterocycles. The van der Waals surface area contributed by atoms with E-state index in [1.165, 1.54) is 0 Å². The van der Waals surface area contributed by atoms with E-state index in [4.69, 9.17) is 20.8 Å². The molecule has 0 atom stereocenters. The Hall–Kier alpha value is -1.37. The first-order valence-electron chi connectivity index (χ1n) is 9.31. The highest BCUT2D eigenvalue weighted by Gasteiger charge is 2.53. The first-order chi connectivity index (χ1) is 12.0. The molecular weight excluding hydrogens is 330 g/mol. The number of benzene rings is 1. The summed E-state index contributed by atoms with van der Waals surface area (Å²) in [6.07, 6.45) is 1.27. The van der Waals surface area contributed by atoms with Crippen molar-refractivity contribution >= 4 is 18.4 Å². The van der Waals surface area contributed by atoms with Gasteiger partial charge in [0.1, 0.15) is 5.73 Å². The zero-order valence-corrected chi connectivity index (χ0v) is 16.9. The smallest absolute Gasteiger partial charge is 0.398 e. The van der Waals surface area contributed by atoms with Crippen molar-refractivity contribution in [3.8, 4) is 0 Å². The van der Waals surface area contributed by atoms with Crippen LogP contribution < -0.4 is 11.5 Å². The summed E-state index contributed by atoms with van der Waals surface area (Å²) in [7, 11) is -1.02. The highest BCUT2D eigenvalue weighted by atomic mass is 19.1. The molecule has 1 fully saturated rings. The largest absolute Gasteiger partial charge is 0.525 e. The monoisotopic (exact) mass is 362 g/mol. The van der Waals surface area contributed by atoms with Crippen LogP contribution in [0.15, 0.2) is 23.9 Å². The van der Waals surface area contributed by atoms with E-state index in [2.05, 4.69) is 13.8 Å². The quantitative estimate of drug-likeness (QED) is 0.590. The van der Waals surface area contributed by atoms with Crippen molar-refractivity contribution in [2.24, 2.45) is 11.7 Å². The Kier molecular flexibility index (Phi) is 6.21. The van der Waals surface area contributed by atoms with Crippen molar-refractivity contribution in [1.82, 2.24) is 0 Å². The fourth-order valence-corrected chi connectivity index (χ4v) is 3.02. The van der Waals surface area contributed by atoms with Gasteiger partial charge in [0.25, 0.3) is 0 Å². The van der Waals surface area contributed by atoms with E-state index >= 15 is 4.39 Å². The van der Waals surface area contributed by atoms with E-state index in [1.54, 1.807) is 0 Å². The van der Waals surface area contributed by atoms with Crippen LogP contribution in [0.25, 0.3) is 5.57 Å². The minimum absolute atomic E-state index is 0.260. The molecule has 0 bridgehead atoms. The maximum Gasteiger partial charge on any atom is 0.525 e. The maximum atomic E-state index is 15.6. The predicted molar refractivity (Wildman–Crippen MR) is 107 cm³/mol. The minimum Gasteiger partial charge on any atom is -0.398 e. The van der Waals surface area contributed by atoms with Crippen LogP contribution in [0.1, 0.15) is 59.1 Å². The van der Waals surface area contributed by atoms with Crippen molar-refractivity contribution in [3.05, 3.63) is 35.1 Å². The lowest BCUT2D eigenvalue weighted by atomic mass is 9.79. The SMILES string of the molecule is CC(C)CC(=C(F)B1OC(C)(C)C(C)(C)O1)c1cc(CCN)ccc1N. The molecule has 2 rings (SSSR count). The number of hydrogen-bond acceptors (Lipinski definition) is 4. The van der Waals surface area contributed by atoms with E-state index in [0.717, 1.165) is 12.0 Å². The van der Waals surface area contributed by atoms with Gasteiger partial charge in [-0.2, -0.15) is 0 Å². The molecule has 26 heavy (non-hydrogen) atoms. The summed E-state index contributed by atoms with van der Waals surface area (Å²) in [4.78, 5) is 0. The molecule has 4 nitrogen and oxygen atoms in total. The van der Waals surface area contributed by atoms with Crippen LogP contribution in [0, 0.1) is 5.92 Å². The molecule has 0 amide bonds. The van der Waals surface area contributed by atoms with Gasteiger partial charge >= 0.3 is 7.12 Å². The molecule has 6 heteroatoms. The van der Waals surface area contributed by atoms with Gasteiger partial charge in [-0.05, 0) is 76.3 Å². The number of hydrogen-bond donors (Lipinski definition) is 2. The third-order valence-corrected chi connectivity index (χ3v) is 5.24. The summed E-state index contributed by atoms with van der Waals surface area (Å²) in [6.45, 7) is 12.3. The second kappa shape index (κ2) is 7.71. The second-order valence-electron chi connectivity index (χ2n) is 8.47. The van der Waals surface area contributed by atoms with Gasteiger partial charge in [0.05, 0.1) is 11.2 Å². The van der Waals surface area contributed by atoms with Gasteiger partial charge < -0.3 is 20.8 Å². The van der Waals surface area contributed by atoms with Gasteiger partial charge in [-0.15, -0.1) is 0 Å². The third kappa shape index (κ3) is 4.30. The van der Waals surface area contributed by atoms with E-state index in [0.29, 0.717) is 29.8 Å². The Morgan fingerprint density at radius 1 is 1.15 bits per heavy atom. The number of rotatable bonds is 6. The summed E-state index contributed by atoms with van der Waals surface area (Å²) in [5.41, 5.74) is 13.1. The lowest BCUT2D eigenvalue weighted by Gasteiger charge is -2.32. The maximum absolute atomic E-state index is 15.6. The average molecular weight is 362 g/mol. The van der Waals surface area contributed by atoms with Crippen LogP contribution in [-0.2, 0) is 15.7 Å². The van der Waals surface area contributed by atoms with Gasteiger partial charge in [0.15, 0.2) is 0 Å². The topological polar surface area (TPSA) is 70.5 Å². The molecule has 1 heterocycles. The van der Waals surface area contributed by atoms with Gasteiger partial charge in [-0.1, -0.05) is 19.9 Å². The van der Waals surface area contributed by atoms with Gasteiger partial charge in [-0.3, -0.25) is 0 Å². The van der Waals surface area contributed by atoms with Crippen LogP contribution in [0.2, 0.25) is 0 Å². The third-order valence-electron chi connectivity index (χ3n) is 5.24. The van der Waals surface area contributed by atoms with Crippen molar-refractivity contribution in [1.29, 1.82) is 0 Å². The summed E-state index contributed by atoms with van der Waals surface area (Å²) in [5, 5.41) is 0. The number of allylic oxidation sites excluding steroid dienone is 1. The Morgan fingerprint density at radius 3 is 2.23 bits per heavy atom. The summed E-state index contributed by atoms with van der Waals surface area (Å²) in [6, 6.07) is 5.69. The Bertz CT molecular complexity index is 670. The fourth-order valence-electron chi connectivity index (χ4n) is 3.02. The second-order valence-corrected chi connectivity index (χ2v) is 8.47. The molecule has 0 spiro atoms. The highest BCUT2D eigenvalue weighted by molar-refractivity contribution is 6.55. The lowest BCUT2D eigenvalue weighted by molar-refractivity contribution is 0.00578. The fraction of sp³-hybridized carbons (Fsp3) is 0.600. The number of nitrogen functional groups attached to an aromatic ring is 1. The van der Waals surface area contributed by atoms with Gasteiger partial charge in [0, 0.05) is 11.3 Å². The molecule has 1 aliphatic rings. The first-order valence-corrected chi connectivity index (χ1v) is 9.31. The Morgan fingerprint density at radius 2 is 1.73 bits per heavy atom. The molecule has 1 aromatic rings. The molecule has 0 saturated carbocycles. The molecule has 0 radical (unpaired) electrons. The predicted octanol–water partition coefficient (Wildman–Crippen LogP) is 4.13. The van der Waals surface area contributed by atoms with Crippen LogP contribution in [0.3, 0.4) is 0 Å². The van der Waals surface area contributed by atoms with E-state index < -0.39 is 24.0 Å². The van der Waals surface area contributed by atoms with Crippen molar-refractivity contribution in [3.63, 3.8) is 0 Å². The minimum atomic E-state index is -1.02. The zero-order chi connectivity index (χ0) is 19.7. The normalized spacial score (nSPS) is 19.8. The van der Waals surface area contributed by atoms with Crippen LogP contribution in [0.4, 0.5) is 10.1 Å². The average Bonchev–Trinajstić information content (AvgIpc) is 2.74. The number of halogens is 1. The standard InChI is InChI=1S/C20H32BFN2O2/c1-13(2)11-16(15-12-14(9-10-23)7-8-17(15)24)18(22)21-25-19(3,4)20(5,6)26-21/h7-8,12-13H,9-11,23-24H2,1-6H3. The van der Waals surface area contributed by atoms with E-state index in [1.807, 2.05) is 45.9 Å².